The van der Waals surface area contributed by atoms with E-state index >= 15 is 0 Å². The molecule has 0 aliphatic carbocycles. The van der Waals surface area contributed by atoms with Gasteiger partial charge in [-0.25, -0.2) is 0 Å². The Morgan fingerprint density at radius 1 is 1.41 bits per heavy atom. The number of hydrogen-bond donors (Lipinski definition) is 2. The molecule has 0 bridgehead atoms. The average molecular weight is 320 g/mol. The normalized spacial score (nSPS) is 21.0. The lowest BCUT2D eigenvalue weighted by Crippen LogP contribution is -2.38. The van der Waals surface area contributed by atoms with Crippen LogP contribution in [0, 0.1) is 12.8 Å². The molecule has 6 nitrogen and oxygen atoms in total. The van der Waals surface area contributed by atoms with E-state index in [9.17, 15) is 23.1 Å². The van der Waals surface area contributed by atoms with E-state index in [-0.39, 0.29) is 37.0 Å². The monoisotopic (exact) mass is 320 g/mol. The quantitative estimate of drug-likeness (QED) is 0.863. The molecular formula is C13H19F3N4O2. The van der Waals surface area contributed by atoms with E-state index in [4.69, 9.17) is 0 Å². The van der Waals surface area contributed by atoms with Crippen molar-refractivity contribution in [3.8, 4) is 5.75 Å². The number of aromatic amines is 1. The van der Waals surface area contributed by atoms with Crippen LogP contribution in [0.15, 0.2) is 0 Å². The maximum atomic E-state index is 12.5. The predicted molar refractivity (Wildman–Crippen MR) is 72.6 cm³/mol. The third kappa shape index (κ3) is 3.90. The van der Waals surface area contributed by atoms with Crippen molar-refractivity contribution in [2.24, 2.45) is 5.92 Å². The number of alkyl halides is 3. The first-order chi connectivity index (χ1) is 10.2. The Labute approximate surface area is 125 Å². The topological polar surface area (TPSA) is 72.5 Å². The van der Waals surface area contributed by atoms with Crippen molar-refractivity contribution in [2.75, 3.05) is 32.7 Å². The van der Waals surface area contributed by atoms with Crippen LogP contribution in [0.2, 0.25) is 0 Å². The van der Waals surface area contributed by atoms with Gasteiger partial charge in [0.15, 0.2) is 11.4 Å². The van der Waals surface area contributed by atoms with Gasteiger partial charge in [-0.1, -0.05) is 6.92 Å². The molecule has 1 saturated heterocycles. The zero-order chi connectivity index (χ0) is 16.5. The molecule has 1 aromatic rings. The van der Waals surface area contributed by atoms with Gasteiger partial charge in [0.25, 0.3) is 5.91 Å². The number of H-pyrrole nitrogens is 1. The number of nitrogens with one attached hydrogen (secondary N) is 1. The number of rotatable bonds is 2. The standard InChI is InChI=1S/C13H19F3N4O2/c1-8-5-19(7-13(14,15)16)3-4-20(6-8)12(22)10-11(21)9(2)17-18-10/h8,21H,3-7H2,1-2H3,(H,17,18). The van der Waals surface area contributed by atoms with Gasteiger partial charge in [0, 0.05) is 26.2 Å². The SMILES string of the molecule is Cc1n[nH]c(C(=O)N2CCN(CC(F)(F)F)CC(C)C2)c1O. The fourth-order valence-corrected chi connectivity index (χ4v) is 2.63. The molecule has 124 valence electrons. The van der Waals surface area contributed by atoms with Gasteiger partial charge >= 0.3 is 6.18 Å². The molecule has 1 fully saturated rings. The van der Waals surface area contributed by atoms with E-state index in [1.165, 1.54) is 9.80 Å². The fraction of sp³-hybridized carbons (Fsp3) is 0.692. The Bertz CT molecular complexity index is 544. The summed E-state index contributed by atoms with van der Waals surface area (Å²) < 4.78 is 37.5. The molecule has 1 aliphatic heterocycles. The van der Waals surface area contributed by atoms with Gasteiger partial charge in [-0.05, 0) is 12.8 Å². The summed E-state index contributed by atoms with van der Waals surface area (Å²) in [6, 6.07) is 0. The number of hydrogen-bond acceptors (Lipinski definition) is 4. The van der Waals surface area contributed by atoms with E-state index in [2.05, 4.69) is 10.2 Å². The molecule has 9 heteroatoms. The first kappa shape index (κ1) is 16.6. The number of aryl methyl sites for hydroxylation is 1. The zero-order valence-electron chi connectivity index (χ0n) is 12.4. The van der Waals surface area contributed by atoms with Gasteiger partial charge in [-0.2, -0.15) is 18.3 Å². The van der Waals surface area contributed by atoms with Gasteiger partial charge < -0.3 is 10.0 Å². The van der Waals surface area contributed by atoms with Crippen LogP contribution < -0.4 is 0 Å². The van der Waals surface area contributed by atoms with Gasteiger partial charge in [-0.15, -0.1) is 0 Å². The van der Waals surface area contributed by atoms with E-state index < -0.39 is 18.6 Å². The zero-order valence-corrected chi connectivity index (χ0v) is 12.4. The number of carbonyl (C=O) groups excluding carboxylic acids is 1. The van der Waals surface area contributed by atoms with Crippen LogP contribution in [-0.4, -0.2) is 69.9 Å². The summed E-state index contributed by atoms with van der Waals surface area (Å²) in [5, 5.41) is 16.0. The van der Waals surface area contributed by atoms with Crippen molar-refractivity contribution in [3.63, 3.8) is 0 Å². The Hall–Kier alpha value is -1.77. The fourth-order valence-electron chi connectivity index (χ4n) is 2.63. The molecule has 0 saturated carbocycles. The minimum Gasteiger partial charge on any atom is -0.504 e. The molecule has 1 atom stereocenters. The number of aromatic nitrogens is 2. The molecule has 1 aromatic heterocycles. The molecule has 0 radical (unpaired) electrons. The maximum Gasteiger partial charge on any atom is 0.401 e. The summed E-state index contributed by atoms with van der Waals surface area (Å²) in [5.41, 5.74) is 0.291. The van der Waals surface area contributed by atoms with Crippen LogP contribution >= 0.6 is 0 Å². The maximum absolute atomic E-state index is 12.5. The molecule has 2 rings (SSSR count). The molecule has 0 aromatic carbocycles. The lowest BCUT2D eigenvalue weighted by molar-refractivity contribution is -0.146. The Morgan fingerprint density at radius 2 is 2.09 bits per heavy atom. The Balaban J connectivity index is 2.07. The summed E-state index contributed by atoms with van der Waals surface area (Å²) in [5.74, 6) is -0.757. The summed E-state index contributed by atoms with van der Waals surface area (Å²) in [6.07, 6.45) is -4.25. The van der Waals surface area contributed by atoms with Crippen LogP contribution in [-0.2, 0) is 0 Å². The van der Waals surface area contributed by atoms with E-state index in [1.807, 2.05) is 0 Å². The number of amides is 1. The Kier molecular flexibility index (Phi) is 4.64. The van der Waals surface area contributed by atoms with Crippen LogP contribution in [0.25, 0.3) is 0 Å². The van der Waals surface area contributed by atoms with Crippen LogP contribution in [0.5, 0.6) is 5.75 Å². The van der Waals surface area contributed by atoms with Crippen LogP contribution in [0.1, 0.15) is 23.1 Å². The van der Waals surface area contributed by atoms with Gasteiger partial charge in [-0.3, -0.25) is 14.8 Å². The molecule has 2 N–H and O–H groups in total. The lowest BCUT2D eigenvalue weighted by Gasteiger charge is -2.22. The summed E-state index contributed by atoms with van der Waals surface area (Å²) in [4.78, 5) is 15.1. The third-order valence-electron chi connectivity index (χ3n) is 3.61. The van der Waals surface area contributed by atoms with E-state index in [1.54, 1.807) is 13.8 Å². The van der Waals surface area contributed by atoms with E-state index in [0.29, 0.717) is 12.2 Å². The predicted octanol–water partition coefficient (Wildman–Crippen LogP) is 1.38. The molecule has 1 amide bonds. The highest BCUT2D eigenvalue weighted by molar-refractivity contribution is 5.95. The molecular weight excluding hydrogens is 301 g/mol. The highest BCUT2D eigenvalue weighted by Crippen LogP contribution is 2.22. The summed E-state index contributed by atoms with van der Waals surface area (Å²) in [7, 11) is 0. The summed E-state index contributed by atoms with van der Waals surface area (Å²) in [6.45, 7) is 3.31. The lowest BCUT2D eigenvalue weighted by atomic mass is 10.1. The third-order valence-corrected chi connectivity index (χ3v) is 3.61. The van der Waals surface area contributed by atoms with Gasteiger partial charge in [0.05, 0.1) is 6.54 Å². The number of aromatic hydroxyl groups is 1. The second kappa shape index (κ2) is 6.15. The molecule has 22 heavy (non-hydrogen) atoms. The molecule has 0 spiro atoms. The second-order valence-electron chi connectivity index (χ2n) is 5.74. The van der Waals surface area contributed by atoms with Gasteiger partial charge in [0.2, 0.25) is 0 Å². The molecule has 1 unspecified atom stereocenters. The first-order valence-electron chi connectivity index (χ1n) is 6.99. The highest BCUT2D eigenvalue weighted by atomic mass is 19.4. The largest absolute Gasteiger partial charge is 0.504 e. The second-order valence-corrected chi connectivity index (χ2v) is 5.74. The minimum absolute atomic E-state index is 0.0195. The van der Waals surface area contributed by atoms with Crippen LogP contribution in [0.3, 0.4) is 0 Å². The van der Waals surface area contributed by atoms with Crippen molar-refractivity contribution in [2.45, 2.75) is 20.0 Å². The van der Waals surface area contributed by atoms with Gasteiger partial charge in [0.1, 0.15) is 5.69 Å². The van der Waals surface area contributed by atoms with Crippen molar-refractivity contribution in [1.82, 2.24) is 20.0 Å². The van der Waals surface area contributed by atoms with Crippen molar-refractivity contribution in [3.05, 3.63) is 11.4 Å². The van der Waals surface area contributed by atoms with Crippen molar-refractivity contribution >= 4 is 5.91 Å². The molecule has 2 heterocycles. The molecule has 1 aliphatic rings. The minimum atomic E-state index is -4.25. The number of nitrogens with zero attached hydrogens (tertiary/aromatic N) is 3. The number of halogens is 3. The average Bonchev–Trinajstić information content (AvgIpc) is 2.61. The first-order valence-corrected chi connectivity index (χ1v) is 6.99. The number of carbonyl (C=O) groups is 1. The smallest absolute Gasteiger partial charge is 0.401 e. The van der Waals surface area contributed by atoms with E-state index in [0.717, 1.165) is 0 Å². The highest BCUT2D eigenvalue weighted by Gasteiger charge is 2.34. The van der Waals surface area contributed by atoms with Crippen LogP contribution in [0.4, 0.5) is 13.2 Å². The Morgan fingerprint density at radius 3 is 2.64 bits per heavy atom. The van der Waals surface area contributed by atoms with Crippen molar-refractivity contribution in [1.29, 1.82) is 0 Å². The summed E-state index contributed by atoms with van der Waals surface area (Å²) >= 11 is 0. The van der Waals surface area contributed by atoms with Crippen molar-refractivity contribution < 1.29 is 23.1 Å².